The Morgan fingerprint density at radius 2 is 1.92 bits per heavy atom. The first kappa shape index (κ1) is 18.1. The van der Waals surface area contributed by atoms with Gasteiger partial charge in [0.2, 0.25) is 0 Å². The lowest BCUT2D eigenvalue weighted by Gasteiger charge is -2.18. The van der Waals surface area contributed by atoms with Crippen LogP contribution in [0.4, 0.5) is 0 Å². The molecule has 0 spiro atoms. The minimum atomic E-state index is -0.0995. The molecule has 0 atom stereocenters. The second kappa shape index (κ2) is 9.13. The summed E-state index contributed by atoms with van der Waals surface area (Å²) in [5.74, 6) is 2.16. The van der Waals surface area contributed by atoms with Gasteiger partial charge in [0.05, 0.1) is 6.61 Å². The summed E-state index contributed by atoms with van der Waals surface area (Å²) in [7, 11) is 0. The number of nitrogens with one attached hydrogen (secondary N) is 1. The third-order valence-corrected chi connectivity index (χ3v) is 4.15. The van der Waals surface area contributed by atoms with Gasteiger partial charge >= 0.3 is 0 Å². The van der Waals surface area contributed by atoms with Gasteiger partial charge in [-0.2, -0.15) is 0 Å². The van der Waals surface area contributed by atoms with Crippen LogP contribution >= 0.6 is 0 Å². The first-order valence-corrected chi connectivity index (χ1v) is 9.16. The highest BCUT2D eigenvalue weighted by atomic mass is 16.6. The van der Waals surface area contributed by atoms with Gasteiger partial charge in [0.15, 0.2) is 11.5 Å². The smallest absolute Gasteiger partial charge is 0.251 e. The monoisotopic (exact) mass is 355 g/mol. The highest BCUT2D eigenvalue weighted by Gasteiger charge is 2.14. The van der Waals surface area contributed by atoms with Crippen LogP contribution < -0.4 is 19.5 Å². The number of carbonyl (C=O) groups excluding carboxylic acids is 1. The zero-order chi connectivity index (χ0) is 18.2. The molecule has 1 N–H and O–H groups in total. The number of benzene rings is 2. The second-order valence-electron chi connectivity index (χ2n) is 6.17. The second-order valence-corrected chi connectivity index (χ2v) is 6.17. The number of aryl methyl sites for hydroxylation is 1. The first-order chi connectivity index (χ1) is 12.8. The SMILES string of the molecule is CCCOc1ccccc1CCCNC(=O)c1ccc2c(c1)OCCO2. The van der Waals surface area contributed by atoms with E-state index in [0.29, 0.717) is 36.8 Å². The van der Waals surface area contributed by atoms with Crippen LogP contribution in [0.15, 0.2) is 42.5 Å². The van der Waals surface area contributed by atoms with Crippen molar-refractivity contribution < 1.29 is 19.0 Å². The van der Waals surface area contributed by atoms with Crippen molar-refractivity contribution in [3.8, 4) is 17.2 Å². The minimum absolute atomic E-state index is 0.0995. The molecule has 0 bridgehead atoms. The highest BCUT2D eigenvalue weighted by Crippen LogP contribution is 2.30. The fourth-order valence-electron chi connectivity index (χ4n) is 2.83. The maximum absolute atomic E-state index is 12.3. The van der Waals surface area contributed by atoms with E-state index in [9.17, 15) is 4.79 Å². The Labute approximate surface area is 154 Å². The van der Waals surface area contributed by atoms with E-state index >= 15 is 0 Å². The van der Waals surface area contributed by atoms with Crippen LogP contribution in [-0.2, 0) is 6.42 Å². The van der Waals surface area contributed by atoms with Gasteiger partial charge in [-0.3, -0.25) is 4.79 Å². The molecule has 5 nitrogen and oxygen atoms in total. The molecule has 3 rings (SSSR count). The molecule has 1 heterocycles. The van der Waals surface area contributed by atoms with E-state index in [1.54, 1.807) is 18.2 Å². The Kier molecular flexibility index (Phi) is 6.36. The quantitative estimate of drug-likeness (QED) is 0.735. The Balaban J connectivity index is 1.49. The lowest BCUT2D eigenvalue weighted by atomic mass is 10.1. The highest BCUT2D eigenvalue weighted by molar-refractivity contribution is 5.94. The fourth-order valence-corrected chi connectivity index (χ4v) is 2.83. The molecule has 1 aliphatic rings. The van der Waals surface area contributed by atoms with Crippen LogP contribution in [0.2, 0.25) is 0 Å². The molecule has 0 saturated heterocycles. The van der Waals surface area contributed by atoms with Gasteiger partial charge < -0.3 is 19.5 Å². The van der Waals surface area contributed by atoms with Gasteiger partial charge in [-0.1, -0.05) is 25.1 Å². The number of rotatable bonds is 8. The zero-order valence-corrected chi connectivity index (χ0v) is 15.1. The number of para-hydroxylation sites is 1. The summed E-state index contributed by atoms with van der Waals surface area (Å²) < 4.78 is 16.8. The number of ether oxygens (including phenoxy) is 3. The topological polar surface area (TPSA) is 56.8 Å². The van der Waals surface area contributed by atoms with E-state index in [-0.39, 0.29) is 5.91 Å². The predicted molar refractivity (Wildman–Crippen MR) is 100 cm³/mol. The largest absolute Gasteiger partial charge is 0.493 e. The Hall–Kier alpha value is -2.69. The van der Waals surface area contributed by atoms with Gasteiger partial charge in [0.1, 0.15) is 19.0 Å². The van der Waals surface area contributed by atoms with Crippen molar-refractivity contribution in [2.45, 2.75) is 26.2 Å². The van der Waals surface area contributed by atoms with Crippen molar-refractivity contribution in [2.75, 3.05) is 26.4 Å². The van der Waals surface area contributed by atoms with Crippen molar-refractivity contribution >= 4 is 5.91 Å². The maximum Gasteiger partial charge on any atom is 0.251 e. The summed E-state index contributed by atoms with van der Waals surface area (Å²) in [6.45, 7) is 4.48. The lowest BCUT2D eigenvalue weighted by Crippen LogP contribution is -2.25. The number of hydrogen-bond donors (Lipinski definition) is 1. The van der Waals surface area contributed by atoms with Crippen LogP contribution in [0, 0.1) is 0 Å². The van der Waals surface area contributed by atoms with Crippen LogP contribution in [0.1, 0.15) is 35.7 Å². The summed E-state index contributed by atoms with van der Waals surface area (Å²) >= 11 is 0. The van der Waals surface area contributed by atoms with Gasteiger partial charge in [-0.15, -0.1) is 0 Å². The van der Waals surface area contributed by atoms with Crippen molar-refractivity contribution in [1.29, 1.82) is 0 Å². The Morgan fingerprint density at radius 1 is 1.12 bits per heavy atom. The maximum atomic E-state index is 12.3. The van der Waals surface area contributed by atoms with Crippen molar-refractivity contribution in [2.24, 2.45) is 0 Å². The zero-order valence-electron chi connectivity index (χ0n) is 15.1. The molecule has 2 aromatic rings. The summed E-state index contributed by atoms with van der Waals surface area (Å²) in [6, 6.07) is 13.4. The summed E-state index contributed by atoms with van der Waals surface area (Å²) in [6.07, 6.45) is 2.70. The number of hydrogen-bond acceptors (Lipinski definition) is 4. The van der Waals surface area contributed by atoms with Gasteiger partial charge in [-0.25, -0.2) is 0 Å². The molecule has 1 amide bonds. The predicted octanol–water partition coefficient (Wildman–Crippen LogP) is 3.61. The number of carbonyl (C=O) groups is 1. The van der Waals surface area contributed by atoms with Crippen LogP contribution in [-0.4, -0.2) is 32.3 Å². The Morgan fingerprint density at radius 3 is 2.77 bits per heavy atom. The summed E-state index contributed by atoms with van der Waals surface area (Å²) in [5, 5.41) is 2.96. The van der Waals surface area contributed by atoms with E-state index in [2.05, 4.69) is 18.3 Å². The fraction of sp³-hybridized carbons (Fsp3) is 0.381. The first-order valence-electron chi connectivity index (χ1n) is 9.16. The molecule has 138 valence electrons. The van der Waals surface area contributed by atoms with Gasteiger partial charge in [-0.05, 0) is 49.1 Å². The van der Waals surface area contributed by atoms with E-state index in [4.69, 9.17) is 14.2 Å². The molecule has 0 fully saturated rings. The average molecular weight is 355 g/mol. The van der Waals surface area contributed by atoms with E-state index in [1.807, 2.05) is 18.2 Å². The molecule has 26 heavy (non-hydrogen) atoms. The van der Waals surface area contributed by atoms with E-state index < -0.39 is 0 Å². The van der Waals surface area contributed by atoms with Gasteiger partial charge in [0, 0.05) is 12.1 Å². The standard InChI is InChI=1S/C21H25NO4/c1-2-12-24-18-8-4-3-6-16(18)7-5-11-22-21(23)17-9-10-19-20(15-17)26-14-13-25-19/h3-4,6,8-10,15H,2,5,7,11-14H2,1H3,(H,22,23). The summed E-state index contributed by atoms with van der Waals surface area (Å²) in [5.41, 5.74) is 1.76. The normalized spacial score (nSPS) is 12.5. The van der Waals surface area contributed by atoms with Crippen LogP contribution in [0.25, 0.3) is 0 Å². The van der Waals surface area contributed by atoms with E-state index in [1.165, 1.54) is 5.56 Å². The molecule has 0 aliphatic carbocycles. The van der Waals surface area contributed by atoms with Crippen LogP contribution in [0.5, 0.6) is 17.2 Å². The van der Waals surface area contributed by atoms with Crippen LogP contribution in [0.3, 0.4) is 0 Å². The molecule has 0 unspecified atom stereocenters. The molecule has 0 radical (unpaired) electrons. The molecule has 2 aromatic carbocycles. The molecule has 5 heteroatoms. The number of fused-ring (bicyclic) bond motifs is 1. The lowest BCUT2D eigenvalue weighted by molar-refractivity contribution is 0.0952. The molecular weight excluding hydrogens is 330 g/mol. The molecule has 0 saturated carbocycles. The van der Waals surface area contributed by atoms with Gasteiger partial charge in [0.25, 0.3) is 5.91 Å². The van der Waals surface area contributed by atoms with Crippen molar-refractivity contribution in [3.05, 3.63) is 53.6 Å². The summed E-state index contributed by atoms with van der Waals surface area (Å²) in [4.78, 5) is 12.3. The number of amides is 1. The average Bonchev–Trinajstić information content (AvgIpc) is 2.69. The van der Waals surface area contributed by atoms with Crippen molar-refractivity contribution in [1.82, 2.24) is 5.32 Å². The Bertz CT molecular complexity index is 745. The van der Waals surface area contributed by atoms with E-state index in [0.717, 1.165) is 31.6 Å². The molecule has 1 aliphatic heterocycles. The minimum Gasteiger partial charge on any atom is -0.493 e. The third kappa shape index (κ3) is 4.69. The van der Waals surface area contributed by atoms with Crippen molar-refractivity contribution in [3.63, 3.8) is 0 Å². The third-order valence-electron chi connectivity index (χ3n) is 4.15. The molecule has 0 aromatic heterocycles. The molecular formula is C21H25NO4.